The van der Waals surface area contributed by atoms with Gasteiger partial charge in [0, 0.05) is 18.1 Å². The molecule has 0 aliphatic carbocycles. The number of piperidine rings is 1. The van der Waals surface area contributed by atoms with Crippen molar-refractivity contribution in [3.63, 3.8) is 0 Å². The molecular formula is C23H31ClN6O2. The molecule has 3 heterocycles. The number of rotatable bonds is 8. The highest BCUT2D eigenvalue weighted by atomic mass is 35.5. The molecule has 0 saturated carbocycles. The Morgan fingerprint density at radius 1 is 1.19 bits per heavy atom. The lowest BCUT2D eigenvalue weighted by atomic mass is 10.1. The highest BCUT2D eigenvalue weighted by Gasteiger charge is 2.27. The van der Waals surface area contributed by atoms with Crippen molar-refractivity contribution < 1.29 is 9.53 Å². The second-order valence-corrected chi connectivity index (χ2v) is 8.87. The second-order valence-electron chi connectivity index (χ2n) is 8.46. The van der Waals surface area contributed by atoms with Gasteiger partial charge in [0.15, 0.2) is 5.82 Å². The molecule has 1 aromatic carbocycles. The third-order valence-electron chi connectivity index (χ3n) is 5.91. The lowest BCUT2D eigenvalue weighted by Gasteiger charge is -2.29. The number of urea groups is 1. The first-order valence-corrected chi connectivity index (χ1v) is 11.8. The summed E-state index contributed by atoms with van der Waals surface area (Å²) in [5, 5.41) is 3.55. The molecule has 1 fully saturated rings. The quantitative estimate of drug-likeness (QED) is 0.568. The average molecular weight is 459 g/mol. The van der Waals surface area contributed by atoms with Crippen LogP contribution in [-0.2, 0) is 19.6 Å². The van der Waals surface area contributed by atoms with E-state index < -0.39 is 0 Å². The molecule has 2 amide bonds. The second kappa shape index (κ2) is 10.4. The van der Waals surface area contributed by atoms with Gasteiger partial charge in [-0.15, -0.1) is 0 Å². The Morgan fingerprint density at radius 2 is 2.00 bits per heavy atom. The van der Waals surface area contributed by atoms with Crippen LogP contribution in [0.2, 0.25) is 5.02 Å². The standard InChI is InChI=1S/C23H31ClN6O2/c1-2-3-11-32-22-26-19-15-30(23(31)27-20(19)21(25)28-22)13-16-7-8-17(18(24)12-16)14-29-9-5-4-6-10-29/h7-8,12H,2-6,9-11,13-15H2,1H3,(H,27,31)(H2,25,26,28). The SMILES string of the molecule is CCCCOc1nc(N)c2c(n1)CN(Cc1ccc(CN3CCCCC3)c(Cl)c1)C(=O)N2. The fraction of sp³-hybridized carbons (Fsp3) is 0.522. The van der Waals surface area contributed by atoms with E-state index in [9.17, 15) is 4.79 Å². The van der Waals surface area contributed by atoms with Gasteiger partial charge in [-0.05, 0) is 49.5 Å². The summed E-state index contributed by atoms with van der Waals surface area (Å²) in [5.74, 6) is 0.222. The van der Waals surface area contributed by atoms with Gasteiger partial charge in [0.25, 0.3) is 0 Å². The van der Waals surface area contributed by atoms with Crippen molar-refractivity contribution in [2.45, 2.75) is 58.7 Å². The van der Waals surface area contributed by atoms with E-state index in [-0.39, 0.29) is 17.9 Å². The number of nitrogens with zero attached hydrogens (tertiary/aromatic N) is 4. The summed E-state index contributed by atoms with van der Waals surface area (Å²) in [6, 6.07) is 6.08. The van der Waals surface area contributed by atoms with Gasteiger partial charge in [0.1, 0.15) is 5.69 Å². The number of amides is 2. The number of likely N-dealkylation sites (tertiary alicyclic amines) is 1. The third kappa shape index (κ3) is 5.42. The van der Waals surface area contributed by atoms with E-state index in [4.69, 9.17) is 22.1 Å². The summed E-state index contributed by atoms with van der Waals surface area (Å²) in [4.78, 5) is 25.4. The molecule has 172 valence electrons. The first kappa shape index (κ1) is 22.6. The molecule has 0 radical (unpaired) electrons. The number of nitrogen functional groups attached to an aromatic ring is 1. The minimum atomic E-state index is -0.235. The van der Waals surface area contributed by atoms with Gasteiger partial charge in [-0.2, -0.15) is 9.97 Å². The summed E-state index contributed by atoms with van der Waals surface area (Å²) in [5.41, 5.74) is 9.24. The van der Waals surface area contributed by atoms with Gasteiger partial charge < -0.3 is 20.7 Å². The molecule has 1 saturated heterocycles. The topological polar surface area (TPSA) is 96.6 Å². The Labute approximate surface area is 194 Å². The molecule has 2 aromatic rings. The molecule has 2 aliphatic rings. The fourth-order valence-corrected chi connectivity index (χ4v) is 4.35. The summed E-state index contributed by atoms with van der Waals surface area (Å²) in [6.07, 6.45) is 5.75. The normalized spacial score (nSPS) is 16.6. The molecule has 32 heavy (non-hydrogen) atoms. The number of carbonyl (C=O) groups is 1. The number of anilines is 2. The Balaban J connectivity index is 1.43. The van der Waals surface area contributed by atoms with Crippen LogP contribution in [0, 0.1) is 0 Å². The molecule has 3 N–H and O–H groups in total. The van der Waals surface area contributed by atoms with Crippen molar-refractivity contribution >= 4 is 29.1 Å². The minimum absolute atomic E-state index is 0.222. The first-order chi connectivity index (χ1) is 15.5. The van der Waals surface area contributed by atoms with Crippen molar-refractivity contribution in [3.05, 3.63) is 40.0 Å². The van der Waals surface area contributed by atoms with E-state index in [1.165, 1.54) is 19.3 Å². The van der Waals surface area contributed by atoms with Crippen LogP contribution in [0.1, 0.15) is 55.8 Å². The van der Waals surface area contributed by atoms with Crippen LogP contribution < -0.4 is 15.8 Å². The van der Waals surface area contributed by atoms with Crippen molar-refractivity contribution in [2.24, 2.45) is 0 Å². The molecule has 4 rings (SSSR count). The molecular weight excluding hydrogens is 428 g/mol. The van der Waals surface area contributed by atoms with E-state index in [2.05, 4.69) is 33.2 Å². The Hall–Kier alpha value is -2.58. The number of hydrogen-bond acceptors (Lipinski definition) is 6. The maximum absolute atomic E-state index is 12.7. The fourth-order valence-electron chi connectivity index (χ4n) is 4.09. The van der Waals surface area contributed by atoms with Gasteiger partial charge in [-0.1, -0.05) is 43.5 Å². The van der Waals surface area contributed by atoms with E-state index in [1.54, 1.807) is 4.90 Å². The van der Waals surface area contributed by atoms with Crippen LogP contribution in [0.25, 0.3) is 0 Å². The maximum atomic E-state index is 12.7. The maximum Gasteiger partial charge on any atom is 0.322 e. The van der Waals surface area contributed by atoms with Crippen LogP contribution in [-0.4, -0.2) is 45.5 Å². The van der Waals surface area contributed by atoms with E-state index in [1.807, 2.05) is 12.1 Å². The number of hydrogen-bond donors (Lipinski definition) is 2. The summed E-state index contributed by atoms with van der Waals surface area (Å²) < 4.78 is 5.61. The smallest absolute Gasteiger partial charge is 0.322 e. The largest absolute Gasteiger partial charge is 0.463 e. The molecule has 0 unspecified atom stereocenters. The van der Waals surface area contributed by atoms with E-state index in [0.717, 1.165) is 48.6 Å². The van der Waals surface area contributed by atoms with Crippen LogP contribution in [0.5, 0.6) is 6.01 Å². The molecule has 0 spiro atoms. The van der Waals surface area contributed by atoms with Gasteiger partial charge >= 0.3 is 12.0 Å². The number of carbonyl (C=O) groups excluding carboxylic acids is 1. The number of unbranched alkanes of at least 4 members (excludes halogenated alkanes) is 1. The number of benzene rings is 1. The van der Waals surface area contributed by atoms with Crippen molar-refractivity contribution in [1.82, 2.24) is 19.8 Å². The predicted molar refractivity (Wildman–Crippen MR) is 126 cm³/mol. The highest BCUT2D eigenvalue weighted by molar-refractivity contribution is 6.31. The number of nitrogens with two attached hydrogens (primary N) is 1. The average Bonchev–Trinajstić information content (AvgIpc) is 2.78. The van der Waals surface area contributed by atoms with Crippen LogP contribution >= 0.6 is 11.6 Å². The number of ether oxygens (including phenoxy) is 1. The number of nitrogens with one attached hydrogen (secondary N) is 1. The molecule has 0 bridgehead atoms. The number of aromatic nitrogens is 2. The zero-order valence-corrected chi connectivity index (χ0v) is 19.3. The molecule has 2 aliphatic heterocycles. The van der Waals surface area contributed by atoms with Gasteiger partial charge in [-0.3, -0.25) is 4.90 Å². The summed E-state index contributed by atoms with van der Waals surface area (Å²) in [6.45, 7) is 6.49. The monoisotopic (exact) mass is 458 g/mol. The Bertz CT molecular complexity index is 964. The lowest BCUT2D eigenvalue weighted by Crippen LogP contribution is -2.39. The predicted octanol–water partition coefficient (Wildman–Crippen LogP) is 4.42. The van der Waals surface area contributed by atoms with Crippen LogP contribution in [0.3, 0.4) is 0 Å². The lowest BCUT2D eigenvalue weighted by molar-refractivity contribution is 0.202. The number of fused-ring (bicyclic) bond motifs is 1. The highest BCUT2D eigenvalue weighted by Crippen LogP contribution is 2.30. The van der Waals surface area contributed by atoms with Crippen molar-refractivity contribution in [2.75, 3.05) is 30.7 Å². The Morgan fingerprint density at radius 3 is 2.75 bits per heavy atom. The third-order valence-corrected chi connectivity index (χ3v) is 6.27. The minimum Gasteiger partial charge on any atom is -0.463 e. The van der Waals surface area contributed by atoms with Gasteiger partial charge in [-0.25, -0.2) is 4.79 Å². The first-order valence-electron chi connectivity index (χ1n) is 11.4. The molecule has 0 atom stereocenters. The van der Waals surface area contributed by atoms with E-state index >= 15 is 0 Å². The number of halogens is 1. The van der Waals surface area contributed by atoms with Crippen molar-refractivity contribution in [1.29, 1.82) is 0 Å². The van der Waals surface area contributed by atoms with Crippen LogP contribution in [0.15, 0.2) is 18.2 Å². The molecule has 1 aromatic heterocycles. The molecule has 8 nitrogen and oxygen atoms in total. The zero-order chi connectivity index (χ0) is 22.5. The molecule has 9 heteroatoms. The zero-order valence-electron chi connectivity index (χ0n) is 18.6. The Kier molecular flexibility index (Phi) is 7.32. The summed E-state index contributed by atoms with van der Waals surface area (Å²) >= 11 is 6.59. The summed E-state index contributed by atoms with van der Waals surface area (Å²) in [7, 11) is 0. The van der Waals surface area contributed by atoms with Gasteiger partial charge in [0.2, 0.25) is 0 Å². The van der Waals surface area contributed by atoms with Crippen molar-refractivity contribution in [3.8, 4) is 6.01 Å². The van der Waals surface area contributed by atoms with Gasteiger partial charge in [0.05, 0.1) is 18.8 Å². The van der Waals surface area contributed by atoms with E-state index in [0.29, 0.717) is 31.1 Å². The van der Waals surface area contributed by atoms with Crippen LogP contribution in [0.4, 0.5) is 16.3 Å².